The maximum atomic E-state index is 12.4. The molecule has 0 saturated carbocycles. The number of carbonyl (C=O) groups is 1. The highest BCUT2D eigenvalue weighted by Gasteiger charge is 2.23. The fraction of sp³-hybridized carbons (Fsp3) is 0.188. The number of hydrogen-bond acceptors (Lipinski definition) is 4. The molecule has 1 heterocycles. The summed E-state index contributed by atoms with van der Waals surface area (Å²) in [6.07, 6.45) is 0. The van der Waals surface area contributed by atoms with E-state index in [2.05, 4.69) is 10.0 Å². The summed E-state index contributed by atoms with van der Waals surface area (Å²) < 4.78 is 27.4. The van der Waals surface area contributed by atoms with Gasteiger partial charge in [-0.25, -0.2) is 8.42 Å². The van der Waals surface area contributed by atoms with Gasteiger partial charge in [-0.15, -0.1) is 11.8 Å². The van der Waals surface area contributed by atoms with E-state index in [1.165, 1.54) is 11.8 Å². The number of sulfonamides is 1. The van der Waals surface area contributed by atoms with Crippen molar-refractivity contribution in [1.29, 1.82) is 0 Å². The Kier molecular flexibility index (Phi) is 4.32. The van der Waals surface area contributed by atoms with Gasteiger partial charge in [0.05, 0.1) is 10.6 Å². The van der Waals surface area contributed by atoms with Crippen LogP contribution in [-0.4, -0.2) is 20.1 Å². The molecule has 0 bridgehead atoms. The largest absolute Gasteiger partial charge is 0.339 e. The number of amides is 1. The molecule has 0 radical (unpaired) electrons. The molecule has 2 N–H and O–H groups in total. The number of hydrogen-bond donors (Lipinski definition) is 2. The van der Waals surface area contributed by atoms with E-state index >= 15 is 0 Å². The third kappa shape index (κ3) is 3.68. The van der Waals surface area contributed by atoms with Crippen LogP contribution in [0.2, 0.25) is 0 Å². The van der Waals surface area contributed by atoms with Crippen LogP contribution in [0.5, 0.6) is 0 Å². The number of thioether (sulfide) groups is 1. The van der Waals surface area contributed by atoms with Gasteiger partial charge in [-0.05, 0) is 36.8 Å². The summed E-state index contributed by atoms with van der Waals surface area (Å²) in [6.45, 7) is 1.90. The molecule has 2 aromatic rings. The first-order valence-electron chi connectivity index (χ1n) is 7.04. The summed E-state index contributed by atoms with van der Waals surface area (Å²) in [5.41, 5.74) is 2.34. The van der Waals surface area contributed by atoms with Gasteiger partial charge in [-0.2, -0.15) is 0 Å². The molecule has 0 aliphatic carbocycles. The number of rotatable bonds is 4. The Morgan fingerprint density at radius 3 is 2.57 bits per heavy atom. The monoisotopic (exact) mass is 348 g/mol. The van der Waals surface area contributed by atoms with Crippen molar-refractivity contribution < 1.29 is 13.2 Å². The van der Waals surface area contributed by atoms with Crippen LogP contribution in [0.1, 0.15) is 16.5 Å². The molecule has 1 aliphatic heterocycles. The Bertz CT molecular complexity index is 833. The van der Waals surface area contributed by atoms with E-state index in [0.29, 0.717) is 11.4 Å². The predicted octanol–water partition coefficient (Wildman–Crippen LogP) is 2.66. The predicted molar refractivity (Wildman–Crippen MR) is 91.8 cm³/mol. The number of nitrogens with one attached hydrogen (secondary N) is 2. The van der Waals surface area contributed by atoms with E-state index in [0.717, 1.165) is 11.1 Å². The highest BCUT2D eigenvalue weighted by Crippen LogP contribution is 2.32. The van der Waals surface area contributed by atoms with Gasteiger partial charge in [-0.1, -0.05) is 29.8 Å². The van der Waals surface area contributed by atoms with Crippen molar-refractivity contribution in [3.8, 4) is 0 Å². The lowest BCUT2D eigenvalue weighted by atomic mass is 10.2. The van der Waals surface area contributed by atoms with Crippen molar-refractivity contribution in [2.75, 3.05) is 10.5 Å². The van der Waals surface area contributed by atoms with Gasteiger partial charge in [0.25, 0.3) is 10.0 Å². The van der Waals surface area contributed by atoms with Gasteiger partial charge < -0.3 is 5.32 Å². The topological polar surface area (TPSA) is 75.3 Å². The Balaban J connectivity index is 1.82. The number of benzene rings is 2. The van der Waals surface area contributed by atoms with Gasteiger partial charge in [0.1, 0.15) is 5.37 Å². The zero-order chi connectivity index (χ0) is 16.4. The van der Waals surface area contributed by atoms with Gasteiger partial charge in [0.15, 0.2) is 0 Å². The Morgan fingerprint density at radius 1 is 1.17 bits per heavy atom. The van der Waals surface area contributed by atoms with Crippen LogP contribution in [0.25, 0.3) is 0 Å². The summed E-state index contributed by atoms with van der Waals surface area (Å²) in [4.78, 5) is 11.5. The molecule has 1 atom stereocenters. The van der Waals surface area contributed by atoms with E-state index in [1.54, 1.807) is 42.5 Å². The minimum absolute atomic E-state index is 0.00867. The van der Waals surface area contributed by atoms with Gasteiger partial charge >= 0.3 is 0 Å². The smallest absolute Gasteiger partial charge is 0.261 e. The molecule has 3 rings (SSSR count). The molecule has 1 saturated heterocycles. The van der Waals surface area contributed by atoms with Gasteiger partial charge in [0, 0.05) is 5.69 Å². The van der Waals surface area contributed by atoms with Crippen LogP contribution in [0.4, 0.5) is 5.69 Å². The Morgan fingerprint density at radius 2 is 1.91 bits per heavy atom. The van der Waals surface area contributed by atoms with Crippen molar-refractivity contribution in [1.82, 2.24) is 5.32 Å². The first kappa shape index (κ1) is 15.9. The molecule has 1 unspecified atom stereocenters. The van der Waals surface area contributed by atoms with Crippen molar-refractivity contribution in [2.45, 2.75) is 17.2 Å². The molecule has 1 fully saturated rings. The summed E-state index contributed by atoms with van der Waals surface area (Å²) >= 11 is 1.49. The maximum Gasteiger partial charge on any atom is 0.261 e. The average Bonchev–Trinajstić information content (AvgIpc) is 2.94. The molecular formula is C16H16N2O3S2. The van der Waals surface area contributed by atoms with Crippen LogP contribution in [0.15, 0.2) is 53.4 Å². The third-order valence-corrected chi connectivity index (χ3v) is 6.00. The number of aryl methyl sites for hydroxylation is 1. The molecule has 1 aliphatic rings. The second-order valence-corrected chi connectivity index (χ2v) is 8.08. The molecule has 5 nitrogen and oxygen atoms in total. The second kappa shape index (κ2) is 6.25. The molecule has 7 heteroatoms. The van der Waals surface area contributed by atoms with Gasteiger partial charge in [0.2, 0.25) is 5.91 Å². The molecule has 0 aromatic heterocycles. The van der Waals surface area contributed by atoms with E-state index in [1.807, 2.05) is 13.0 Å². The highest BCUT2D eigenvalue weighted by molar-refractivity contribution is 8.00. The fourth-order valence-electron chi connectivity index (χ4n) is 2.26. The lowest BCUT2D eigenvalue weighted by Crippen LogP contribution is -2.19. The van der Waals surface area contributed by atoms with E-state index < -0.39 is 10.0 Å². The molecule has 2 aromatic carbocycles. The van der Waals surface area contributed by atoms with E-state index in [4.69, 9.17) is 0 Å². The first-order chi connectivity index (χ1) is 10.9. The Labute approximate surface area is 139 Å². The van der Waals surface area contributed by atoms with Gasteiger partial charge in [-0.3, -0.25) is 9.52 Å². The fourth-order valence-corrected chi connectivity index (χ4v) is 4.27. The third-order valence-electron chi connectivity index (χ3n) is 3.45. The Hall–Kier alpha value is -1.99. The van der Waals surface area contributed by atoms with E-state index in [9.17, 15) is 13.2 Å². The standard InChI is InChI=1S/C16H16N2O3S2/c1-11-5-7-14(8-6-11)23(20,21)18-13-4-2-3-12(9-13)16-17-15(19)10-22-16/h2-9,16,18H,10H2,1H3,(H,17,19). The SMILES string of the molecule is Cc1ccc(S(=O)(=O)Nc2cccc(C3NC(=O)CS3)c2)cc1. The summed E-state index contributed by atoms with van der Waals surface area (Å²) in [6, 6.07) is 13.8. The number of anilines is 1. The van der Waals surface area contributed by atoms with Crippen LogP contribution in [0.3, 0.4) is 0 Å². The second-order valence-electron chi connectivity index (χ2n) is 5.30. The van der Waals surface area contributed by atoms with Crippen LogP contribution in [-0.2, 0) is 14.8 Å². The molecular weight excluding hydrogens is 332 g/mol. The zero-order valence-corrected chi connectivity index (χ0v) is 14.1. The summed E-state index contributed by atoms with van der Waals surface area (Å²) in [7, 11) is -3.63. The van der Waals surface area contributed by atoms with Crippen LogP contribution < -0.4 is 10.0 Å². The normalized spacial score (nSPS) is 17.8. The summed E-state index contributed by atoms with van der Waals surface area (Å²) in [5.74, 6) is 0.412. The van der Waals surface area contributed by atoms with Crippen molar-refractivity contribution in [3.05, 3.63) is 59.7 Å². The van der Waals surface area contributed by atoms with Crippen LogP contribution >= 0.6 is 11.8 Å². The van der Waals surface area contributed by atoms with E-state index in [-0.39, 0.29) is 16.2 Å². The van der Waals surface area contributed by atoms with Crippen molar-refractivity contribution in [3.63, 3.8) is 0 Å². The zero-order valence-electron chi connectivity index (χ0n) is 12.4. The van der Waals surface area contributed by atoms with Crippen molar-refractivity contribution in [2.24, 2.45) is 0 Å². The van der Waals surface area contributed by atoms with Crippen LogP contribution in [0, 0.1) is 6.92 Å². The lowest BCUT2D eigenvalue weighted by molar-refractivity contribution is -0.118. The first-order valence-corrected chi connectivity index (χ1v) is 9.58. The minimum atomic E-state index is -3.63. The maximum absolute atomic E-state index is 12.4. The lowest BCUT2D eigenvalue weighted by Gasteiger charge is -2.13. The average molecular weight is 348 g/mol. The minimum Gasteiger partial charge on any atom is -0.339 e. The molecule has 0 spiro atoms. The molecule has 1 amide bonds. The molecule has 120 valence electrons. The quantitative estimate of drug-likeness (QED) is 0.891. The number of carbonyl (C=O) groups excluding carboxylic acids is 1. The summed E-state index contributed by atoms with van der Waals surface area (Å²) in [5, 5.41) is 2.71. The molecule has 23 heavy (non-hydrogen) atoms. The highest BCUT2D eigenvalue weighted by atomic mass is 32.2. The van der Waals surface area contributed by atoms with Crippen molar-refractivity contribution >= 4 is 33.4 Å².